The molecule has 3 nitrogen and oxygen atoms in total. The number of carbonyl (C=O) groups excluding carboxylic acids is 1. The van der Waals surface area contributed by atoms with Crippen molar-refractivity contribution >= 4 is 21.9 Å². The van der Waals surface area contributed by atoms with Gasteiger partial charge in [0.15, 0.2) is 0 Å². The van der Waals surface area contributed by atoms with Gasteiger partial charge in [-0.3, -0.25) is 9.69 Å². The summed E-state index contributed by atoms with van der Waals surface area (Å²) in [6.07, 6.45) is 2.74. The van der Waals surface area contributed by atoms with Crippen molar-refractivity contribution in [1.29, 1.82) is 0 Å². The number of halogens is 1. The predicted octanol–water partition coefficient (Wildman–Crippen LogP) is 2.71. The Balaban J connectivity index is 2.12. The molecule has 1 atom stereocenters. The lowest BCUT2D eigenvalue weighted by atomic mass is 10.1. The fourth-order valence-electron chi connectivity index (χ4n) is 2.12. The van der Waals surface area contributed by atoms with E-state index in [2.05, 4.69) is 33.0 Å². The largest absolute Gasteiger partial charge is 0.468 e. The maximum Gasteiger partial charge on any atom is 0.323 e. The highest BCUT2D eigenvalue weighted by Gasteiger charge is 2.29. The Kier molecular flexibility index (Phi) is 4.55. The highest BCUT2D eigenvalue weighted by atomic mass is 79.9. The smallest absolute Gasteiger partial charge is 0.323 e. The molecule has 0 bridgehead atoms. The number of methoxy groups -OCH3 is 1. The quantitative estimate of drug-likeness (QED) is 0.804. The van der Waals surface area contributed by atoms with Crippen molar-refractivity contribution in [2.75, 3.05) is 13.7 Å². The molecule has 0 unspecified atom stereocenters. The number of benzene rings is 1. The molecular formula is C14H16BrNO2. The zero-order chi connectivity index (χ0) is 13.0. The lowest BCUT2D eigenvalue weighted by Gasteiger charge is -2.32. The molecule has 0 radical (unpaired) electrons. The Bertz CT molecular complexity index is 444. The fraction of sp³-hybridized carbons (Fsp3) is 0.357. The van der Waals surface area contributed by atoms with Gasteiger partial charge in [-0.15, -0.1) is 0 Å². The first-order chi connectivity index (χ1) is 8.70. The zero-order valence-electron chi connectivity index (χ0n) is 10.3. The van der Waals surface area contributed by atoms with Crippen molar-refractivity contribution in [1.82, 2.24) is 4.90 Å². The molecule has 0 aromatic heterocycles. The van der Waals surface area contributed by atoms with E-state index in [1.807, 2.05) is 24.3 Å². The van der Waals surface area contributed by atoms with Crippen molar-refractivity contribution in [3.63, 3.8) is 0 Å². The molecule has 1 aliphatic heterocycles. The number of nitrogens with zero attached hydrogens (tertiary/aromatic N) is 1. The van der Waals surface area contributed by atoms with Crippen molar-refractivity contribution in [2.45, 2.75) is 19.0 Å². The second-order valence-electron chi connectivity index (χ2n) is 4.32. The first kappa shape index (κ1) is 13.3. The van der Waals surface area contributed by atoms with E-state index in [0.29, 0.717) is 6.42 Å². The Morgan fingerprint density at radius 3 is 2.83 bits per heavy atom. The molecule has 96 valence electrons. The molecule has 0 fully saturated rings. The Labute approximate surface area is 116 Å². The van der Waals surface area contributed by atoms with E-state index in [1.165, 1.54) is 12.7 Å². The number of ether oxygens (including phenoxy) is 1. The van der Waals surface area contributed by atoms with Crippen LogP contribution in [0.5, 0.6) is 0 Å². The minimum atomic E-state index is -0.184. The van der Waals surface area contributed by atoms with Crippen LogP contribution >= 0.6 is 15.9 Å². The van der Waals surface area contributed by atoms with Crippen LogP contribution in [-0.2, 0) is 16.1 Å². The summed E-state index contributed by atoms with van der Waals surface area (Å²) in [6.45, 7) is 1.50. The van der Waals surface area contributed by atoms with Crippen LogP contribution in [0.15, 0.2) is 40.9 Å². The van der Waals surface area contributed by atoms with Crippen molar-refractivity contribution < 1.29 is 9.53 Å². The van der Waals surface area contributed by atoms with E-state index in [-0.39, 0.29) is 12.0 Å². The normalized spacial score (nSPS) is 20.3. The van der Waals surface area contributed by atoms with Crippen LogP contribution in [-0.4, -0.2) is 30.6 Å². The van der Waals surface area contributed by atoms with Gasteiger partial charge >= 0.3 is 5.97 Å². The van der Waals surface area contributed by atoms with Gasteiger partial charge in [0.05, 0.1) is 7.11 Å². The van der Waals surface area contributed by atoms with Crippen LogP contribution < -0.4 is 0 Å². The standard InChI is InChI=1S/C14H16BrNO2/c1-18-14(17)13-8-7-12(15)10-16(13)9-11-5-3-2-4-6-11/h2-7,13H,8-10H2,1H3/t13-/m1/s1. The van der Waals surface area contributed by atoms with Gasteiger partial charge in [0, 0.05) is 17.6 Å². The predicted molar refractivity (Wildman–Crippen MR) is 74.3 cm³/mol. The number of hydrogen-bond donors (Lipinski definition) is 0. The Morgan fingerprint density at radius 1 is 1.44 bits per heavy atom. The highest BCUT2D eigenvalue weighted by molar-refractivity contribution is 9.11. The minimum Gasteiger partial charge on any atom is -0.468 e. The molecule has 1 heterocycles. The first-order valence-electron chi connectivity index (χ1n) is 5.91. The van der Waals surface area contributed by atoms with Crippen molar-refractivity contribution in [3.8, 4) is 0 Å². The summed E-state index contributed by atoms with van der Waals surface area (Å²) < 4.78 is 5.99. The third-order valence-electron chi connectivity index (χ3n) is 3.06. The second kappa shape index (κ2) is 6.16. The Morgan fingerprint density at radius 2 is 2.17 bits per heavy atom. The van der Waals surface area contributed by atoms with Crippen LogP contribution in [0.25, 0.3) is 0 Å². The van der Waals surface area contributed by atoms with Crippen LogP contribution in [0, 0.1) is 0 Å². The lowest BCUT2D eigenvalue weighted by Crippen LogP contribution is -2.43. The van der Waals surface area contributed by atoms with E-state index in [1.54, 1.807) is 0 Å². The zero-order valence-corrected chi connectivity index (χ0v) is 11.9. The number of hydrogen-bond acceptors (Lipinski definition) is 3. The molecule has 0 amide bonds. The van der Waals surface area contributed by atoms with Gasteiger partial charge in [-0.2, -0.15) is 0 Å². The van der Waals surface area contributed by atoms with E-state index in [0.717, 1.165) is 17.6 Å². The average molecular weight is 310 g/mol. The van der Waals surface area contributed by atoms with Gasteiger partial charge in [-0.1, -0.05) is 52.3 Å². The SMILES string of the molecule is COC(=O)[C@H]1CC=C(Br)CN1Cc1ccccc1. The maximum atomic E-state index is 11.8. The van der Waals surface area contributed by atoms with Crippen LogP contribution in [0.4, 0.5) is 0 Å². The molecule has 1 aliphatic rings. The molecule has 0 saturated carbocycles. The summed E-state index contributed by atoms with van der Waals surface area (Å²) in [4.78, 5) is 13.9. The van der Waals surface area contributed by atoms with E-state index in [9.17, 15) is 4.79 Å². The highest BCUT2D eigenvalue weighted by Crippen LogP contribution is 2.23. The molecule has 2 rings (SSSR count). The molecule has 0 spiro atoms. The van der Waals surface area contributed by atoms with Gasteiger partial charge < -0.3 is 4.74 Å². The van der Waals surface area contributed by atoms with E-state index < -0.39 is 0 Å². The monoisotopic (exact) mass is 309 g/mol. The van der Waals surface area contributed by atoms with Gasteiger partial charge in [0.1, 0.15) is 6.04 Å². The maximum absolute atomic E-state index is 11.8. The summed E-state index contributed by atoms with van der Waals surface area (Å²) in [5.74, 6) is -0.165. The summed E-state index contributed by atoms with van der Waals surface area (Å²) in [6, 6.07) is 9.97. The number of esters is 1. The number of carbonyl (C=O) groups is 1. The average Bonchev–Trinajstić information content (AvgIpc) is 2.39. The van der Waals surface area contributed by atoms with E-state index >= 15 is 0 Å². The van der Waals surface area contributed by atoms with Crippen LogP contribution in [0.1, 0.15) is 12.0 Å². The third-order valence-corrected chi connectivity index (χ3v) is 3.63. The molecule has 18 heavy (non-hydrogen) atoms. The molecule has 0 N–H and O–H groups in total. The summed E-state index contributed by atoms with van der Waals surface area (Å²) in [7, 11) is 1.44. The molecule has 1 aromatic carbocycles. The van der Waals surface area contributed by atoms with Crippen molar-refractivity contribution in [3.05, 3.63) is 46.5 Å². The van der Waals surface area contributed by atoms with Crippen molar-refractivity contribution in [2.24, 2.45) is 0 Å². The molecular weight excluding hydrogens is 294 g/mol. The van der Waals surface area contributed by atoms with Crippen LogP contribution in [0.3, 0.4) is 0 Å². The van der Waals surface area contributed by atoms with Gasteiger partial charge in [0.25, 0.3) is 0 Å². The van der Waals surface area contributed by atoms with Crippen LogP contribution in [0.2, 0.25) is 0 Å². The minimum absolute atomic E-state index is 0.165. The summed E-state index contributed by atoms with van der Waals surface area (Å²) in [5.41, 5.74) is 1.20. The van der Waals surface area contributed by atoms with Gasteiger partial charge in [-0.25, -0.2) is 0 Å². The molecule has 4 heteroatoms. The van der Waals surface area contributed by atoms with E-state index in [4.69, 9.17) is 4.74 Å². The summed E-state index contributed by atoms with van der Waals surface area (Å²) in [5, 5.41) is 0. The van der Waals surface area contributed by atoms with Gasteiger partial charge in [0.2, 0.25) is 0 Å². The summed E-state index contributed by atoms with van der Waals surface area (Å²) >= 11 is 3.51. The topological polar surface area (TPSA) is 29.5 Å². The first-order valence-corrected chi connectivity index (χ1v) is 6.70. The number of rotatable bonds is 3. The van der Waals surface area contributed by atoms with Gasteiger partial charge in [-0.05, 0) is 12.0 Å². The second-order valence-corrected chi connectivity index (χ2v) is 5.33. The lowest BCUT2D eigenvalue weighted by molar-refractivity contribution is -0.147. The third kappa shape index (κ3) is 3.21. The Hall–Kier alpha value is -1.13. The fourth-order valence-corrected chi connectivity index (χ4v) is 2.63. The molecule has 0 saturated heterocycles. The molecule has 0 aliphatic carbocycles. The molecule has 1 aromatic rings.